The fraction of sp³-hybridized carbons (Fsp3) is 0.440. The summed E-state index contributed by atoms with van der Waals surface area (Å²) in [6.45, 7) is 3.49. The highest BCUT2D eigenvalue weighted by atomic mass is 32.2. The van der Waals surface area contributed by atoms with Crippen molar-refractivity contribution in [3.63, 3.8) is 0 Å². The van der Waals surface area contributed by atoms with Gasteiger partial charge in [0.2, 0.25) is 21.8 Å². The number of sulfonamides is 1. The average molecular weight is 485 g/mol. The van der Waals surface area contributed by atoms with Crippen LogP contribution in [0.2, 0.25) is 0 Å². The van der Waals surface area contributed by atoms with Crippen LogP contribution in [-0.2, 0) is 26.2 Å². The van der Waals surface area contributed by atoms with Crippen molar-refractivity contribution in [3.05, 3.63) is 54.1 Å². The summed E-state index contributed by atoms with van der Waals surface area (Å²) in [5.74, 6) is -0.313. The Labute approximate surface area is 201 Å². The first-order valence-corrected chi connectivity index (χ1v) is 13.1. The quantitative estimate of drug-likeness (QED) is 0.604. The van der Waals surface area contributed by atoms with Gasteiger partial charge >= 0.3 is 0 Å². The number of amides is 2. The van der Waals surface area contributed by atoms with Crippen LogP contribution in [0.5, 0.6) is 0 Å². The van der Waals surface area contributed by atoms with Crippen LogP contribution in [0.1, 0.15) is 31.7 Å². The van der Waals surface area contributed by atoms with E-state index >= 15 is 0 Å². The number of fused-ring (bicyclic) bond motifs is 3. The third kappa shape index (κ3) is 4.54. The van der Waals surface area contributed by atoms with E-state index in [9.17, 15) is 18.0 Å². The molecule has 1 fully saturated rings. The van der Waals surface area contributed by atoms with E-state index in [1.165, 1.54) is 25.1 Å². The van der Waals surface area contributed by atoms with Gasteiger partial charge in [-0.25, -0.2) is 12.7 Å². The molecule has 2 aromatic rings. The van der Waals surface area contributed by atoms with Crippen molar-refractivity contribution in [1.29, 1.82) is 0 Å². The van der Waals surface area contributed by atoms with Crippen LogP contribution < -0.4 is 9.80 Å². The molecule has 0 N–H and O–H groups in total. The number of carbonyl (C=O) groups excluding carboxylic acids is 2. The molecule has 8 nitrogen and oxygen atoms in total. The largest absolute Gasteiger partial charge is 0.358 e. The monoisotopic (exact) mass is 484 g/mol. The van der Waals surface area contributed by atoms with Crippen molar-refractivity contribution in [2.75, 3.05) is 43.5 Å². The molecule has 0 radical (unpaired) electrons. The van der Waals surface area contributed by atoms with Gasteiger partial charge in [-0.15, -0.1) is 0 Å². The van der Waals surface area contributed by atoms with Crippen molar-refractivity contribution < 1.29 is 18.0 Å². The smallest absolute Gasteiger partial charge is 0.250 e. The van der Waals surface area contributed by atoms with Crippen molar-refractivity contribution in [2.45, 2.75) is 43.7 Å². The van der Waals surface area contributed by atoms with Crippen molar-refractivity contribution in [1.82, 2.24) is 9.21 Å². The molecule has 182 valence electrons. The van der Waals surface area contributed by atoms with E-state index in [0.717, 1.165) is 41.4 Å². The zero-order chi connectivity index (χ0) is 24.5. The van der Waals surface area contributed by atoms with Crippen LogP contribution in [0.4, 0.5) is 11.4 Å². The Hall–Kier alpha value is -2.91. The first-order valence-electron chi connectivity index (χ1n) is 11.7. The first-order chi connectivity index (χ1) is 16.2. The Morgan fingerprint density at radius 2 is 1.79 bits per heavy atom. The number of rotatable bonds is 7. The summed E-state index contributed by atoms with van der Waals surface area (Å²) in [6.07, 6.45) is 2.65. The number of carbonyl (C=O) groups is 2. The normalized spacial score (nSPS) is 18.0. The summed E-state index contributed by atoms with van der Waals surface area (Å²) in [5.41, 5.74) is 2.30. The third-order valence-electron chi connectivity index (χ3n) is 6.62. The van der Waals surface area contributed by atoms with Gasteiger partial charge in [0.15, 0.2) is 0 Å². The van der Waals surface area contributed by atoms with Gasteiger partial charge in [0.05, 0.1) is 16.3 Å². The molecule has 0 unspecified atom stereocenters. The Bertz CT molecular complexity index is 1170. The first kappa shape index (κ1) is 24.2. The second kappa shape index (κ2) is 9.76. The van der Waals surface area contributed by atoms with Gasteiger partial charge in [-0.2, -0.15) is 0 Å². The second-order valence-electron chi connectivity index (χ2n) is 8.96. The maximum absolute atomic E-state index is 13.6. The van der Waals surface area contributed by atoms with E-state index in [1.54, 1.807) is 17.0 Å². The van der Waals surface area contributed by atoms with Crippen LogP contribution >= 0.6 is 0 Å². The zero-order valence-electron chi connectivity index (χ0n) is 20.0. The molecule has 1 atom stereocenters. The molecule has 2 aromatic carbocycles. The molecule has 1 saturated heterocycles. The van der Waals surface area contributed by atoms with Crippen LogP contribution in [0.15, 0.2) is 53.4 Å². The minimum atomic E-state index is -3.69. The van der Waals surface area contributed by atoms with E-state index in [-0.39, 0.29) is 29.3 Å². The summed E-state index contributed by atoms with van der Waals surface area (Å²) in [4.78, 5) is 32.3. The highest BCUT2D eigenvalue weighted by molar-refractivity contribution is 7.89. The third-order valence-corrected chi connectivity index (χ3v) is 8.43. The lowest BCUT2D eigenvalue weighted by molar-refractivity contribution is -0.132. The van der Waals surface area contributed by atoms with Gasteiger partial charge in [-0.05, 0) is 49.9 Å². The number of piperidine rings is 1. The maximum Gasteiger partial charge on any atom is 0.250 e. The van der Waals surface area contributed by atoms with Crippen molar-refractivity contribution in [3.8, 4) is 0 Å². The summed E-state index contributed by atoms with van der Waals surface area (Å²) in [7, 11) is -0.736. The highest BCUT2D eigenvalue weighted by Gasteiger charge is 2.41. The molecule has 34 heavy (non-hydrogen) atoms. The molecule has 0 aliphatic carbocycles. The summed E-state index contributed by atoms with van der Waals surface area (Å²) in [5, 5.41) is 0. The molecular weight excluding hydrogens is 452 g/mol. The molecule has 2 aliphatic heterocycles. The lowest BCUT2D eigenvalue weighted by atomic mass is 9.96. The zero-order valence-corrected chi connectivity index (χ0v) is 20.8. The van der Waals surface area contributed by atoms with Gasteiger partial charge in [-0.3, -0.25) is 14.5 Å². The predicted molar refractivity (Wildman–Crippen MR) is 132 cm³/mol. The minimum Gasteiger partial charge on any atom is -0.358 e. The van der Waals surface area contributed by atoms with Crippen LogP contribution in [0, 0.1) is 0 Å². The van der Waals surface area contributed by atoms with Crippen molar-refractivity contribution >= 4 is 33.2 Å². The lowest BCUT2D eigenvalue weighted by Crippen LogP contribution is -2.57. The molecule has 2 amide bonds. The Morgan fingerprint density at radius 3 is 2.47 bits per heavy atom. The Balaban J connectivity index is 1.69. The van der Waals surface area contributed by atoms with Crippen molar-refractivity contribution in [2.24, 2.45) is 0 Å². The topological polar surface area (TPSA) is 81.2 Å². The number of nitrogens with zero attached hydrogens (tertiary/aromatic N) is 4. The van der Waals surface area contributed by atoms with E-state index in [1.807, 2.05) is 37.3 Å². The number of benzene rings is 2. The number of likely N-dealkylation sites (N-methyl/N-ethyl adjacent to an activating group) is 1. The number of anilines is 2. The van der Waals surface area contributed by atoms with Crippen LogP contribution in [0.25, 0.3) is 0 Å². The lowest BCUT2D eigenvalue weighted by Gasteiger charge is -2.45. The van der Waals surface area contributed by atoms with E-state index in [0.29, 0.717) is 18.8 Å². The molecule has 0 bridgehead atoms. The van der Waals surface area contributed by atoms with Gasteiger partial charge in [0.25, 0.3) is 0 Å². The molecule has 9 heteroatoms. The SMILES string of the molecule is CCN(Cc1ccccc1)C(=O)CN1C(=O)[C@@H]2CCCCN2c2ccc(S(=O)(=O)N(C)C)cc21. The van der Waals surface area contributed by atoms with Gasteiger partial charge in [-0.1, -0.05) is 30.3 Å². The molecule has 2 aliphatic rings. The summed E-state index contributed by atoms with van der Waals surface area (Å²) >= 11 is 0. The average Bonchev–Trinajstić information content (AvgIpc) is 2.85. The van der Waals surface area contributed by atoms with Gasteiger partial charge in [0.1, 0.15) is 12.6 Å². The Kier molecular flexibility index (Phi) is 6.95. The van der Waals surface area contributed by atoms with E-state index < -0.39 is 10.0 Å². The summed E-state index contributed by atoms with van der Waals surface area (Å²) < 4.78 is 26.8. The molecule has 4 rings (SSSR count). The number of hydrogen-bond acceptors (Lipinski definition) is 5. The second-order valence-corrected chi connectivity index (χ2v) is 11.1. The summed E-state index contributed by atoms with van der Waals surface area (Å²) in [6, 6.07) is 14.3. The van der Waals surface area contributed by atoms with E-state index in [4.69, 9.17) is 0 Å². The fourth-order valence-corrected chi connectivity index (χ4v) is 5.61. The van der Waals surface area contributed by atoms with Crippen LogP contribution in [0.3, 0.4) is 0 Å². The van der Waals surface area contributed by atoms with Crippen LogP contribution in [-0.4, -0.2) is 69.2 Å². The highest BCUT2D eigenvalue weighted by Crippen LogP contribution is 2.41. The maximum atomic E-state index is 13.6. The molecule has 0 spiro atoms. The van der Waals surface area contributed by atoms with E-state index in [2.05, 4.69) is 4.90 Å². The molecule has 0 saturated carbocycles. The molecule has 2 heterocycles. The minimum absolute atomic E-state index is 0.105. The molecular formula is C25H32N4O4S. The number of hydrogen-bond donors (Lipinski definition) is 0. The standard InChI is InChI=1S/C25H32N4O4S/c1-4-27(17-19-10-6-5-7-11-19)24(30)18-29-23-16-20(34(32,33)26(2)3)13-14-21(23)28-15-9-8-12-22(28)25(29)31/h5-7,10-11,13-14,16,22H,4,8-9,12,15,17-18H2,1-3H3/t22-/m0/s1. The molecule has 0 aromatic heterocycles. The predicted octanol–water partition coefficient (Wildman–Crippen LogP) is 2.69. The van der Waals surface area contributed by atoms with Gasteiger partial charge in [0, 0.05) is 33.7 Å². The Morgan fingerprint density at radius 1 is 1.06 bits per heavy atom. The van der Waals surface area contributed by atoms with Gasteiger partial charge < -0.3 is 9.80 Å². The fourth-order valence-electron chi connectivity index (χ4n) is 4.69.